The van der Waals surface area contributed by atoms with Gasteiger partial charge in [0.2, 0.25) is 0 Å². The van der Waals surface area contributed by atoms with Gasteiger partial charge >= 0.3 is 0 Å². The van der Waals surface area contributed by atoms with Crippen LogP contribution in [0.4, 0.5) is 0 Å². The van der Waals surface area contributed by atoms with E-state index in [4.69, 9.17) is 4.74 Å². The zero-order valence-electron chi connectivity index (χ0n) is 16.4. The van der Waals surface area contributed by atoms with Gasteiger partial charge in [-0.25, -0.2) is 8.42 Å². The molecule has 0 saturated carbocycles. The lowest BCUT2D eigenvalue weighted by Crippen LogP contribution is -2.58. The van der Waals surface area contributed by atoms with E-state index in [-0.39, 0.29) is 17.8 Å². The first kappa shape index (κ1) is 19.6. The Hall–Kier alpha value is -1.11. The molecular weight excluding hydrogens is 348 g/mol. The van der Waals surface area contributed by atoms with Gasteiger partial charge in [0.05, 0.1) is 18.6 Å². The quantitative estimate of drug-likeness (QED) is 0.758. The van der Waals surface area contributed by atoms with Crippen LogP contribution in [0.5, 0.6) is 5.75 Å². The molecule has 6 heteroatoms. The molecule has 0 amide bonds. The van der Waals surface area contributed by atoms with Gasteiger partial charge < -0.3 is 4.74 Å². The van der Waals surface area contributed by atoms with Crippen molar-refractivity contribution in [2.24, 2.45) is 5.92 Å². The molecule has 26 heavy (non-hydrogen) atoms. The number of hydrogen-bond donors (Lipinski definition) is 0. The van der Waals surface area contributed by atoms with Gasteiger partial charge in [-0.3, -0.25) is 9.80 Å². The van der Waals surface area contributed by atoms with E-state index >= 15 is 0 Å². The van der Waals surface area contributed by atoms with Crippen molar-refractivity contribution >= 4 is 9.84 Å². The van der Waals surface area contributed by atoms with Crippen molar-refractivity contribution in [3.05, 3.63) is 29.3 Å². The fourth-order valence-electron chi connectivity index (χ4n) is 4.20. The second-order valence-electron chi connectivity index (χ2n) is 8.22. The molecular formula is C20H32N2O3S. The summed E-state index contributed by atoms with van der Waals surface area (Å²) in [7, 11) is -1.26. The summed E-state index contributed by atoms with van der Waals surface area (Å²) in [6.07, 6.45) is 1.12. The molecule has 2 heterocycles. The van der Waals surface area contributed by atoms with Crippen molar-refractivity contribution in [3.63, 3.8) is 0 Å². The minimum atomic E-state index is -2.96. The Morgan fingerprint density at radius 1 is 1.15 bits per heavy atom. The van der Waals surface area contributed by atoms with Gasteiger partial charge in [0.15, 0.2) is 9.84 Å². The Balaban J connectivity index is 1.78. The van der Waals surface area contributed by atoms with Crippen LogP contribution < -0.4 is 4.74 Å². The minimum absolute atomic E-state index is 0.0897. The molecule has 2 saturated heterocycles. The fraction of sp³-hybridized carbons (Fsp3) is 0.700. The van der Waals surface area contributed by atoms with Crippen LogP contribution in [0.3, 0.4) is 0 Å². The summed E-state index contributed by atoms with van der Waals surface area (Å²) in [6, 6.07) is 6.48. The molecule has 1 aromatic rings. The Morgan fingerprint density at radius 2 is 1.81 bits per heavy atom. The molecule has 2 fully saturated rings. The number of ether oxygens (including phenoxy) is 1. The molecule has 0 aliphatic carbocycles. The summed E-state index contributed by atoms with van der Waals surface area (Å²) < 4.78 is 30.3. The number of aryl methyl sites for hydroxylation is 1. The highest BCUT2D eigenvalue weighted by Gasteiger charge is 2.46. The molecule has 0 N–H and O–H groups in total. The summed E-state index contributed by atoms with van der Waals surface area (Å²) in [5.41, 5.74) is 2.31. The summed E-state index contributed by atoms with van der Waals surface area (Å²) in [5.74, 6) is 2.12. The molecule has 0 radical (unpaired) electrons. The highest BCUT2D eigenvalue weighted by atomic mass is 32.2. The molecule has 146 valence electrons. The van der Waals surface area contributed by atoms with Crippen LogP contribution in [0.25, 0.3) is 0 Å². The first-order valence-corrected chi connectivity index (χ1v) is 11.4. The topological polar surface area (TPSA) is 49.9 Å². The Labute approximate surface area is 158 Å². The maximum absolute atomic E-state index is 12.4. The zero-order chi connectivity index (χ0) is 18.9. The van der Waals surface area contributed by atoms with Gasteiger partial charge in [0.25, 0.3) is 0 Å². The number of benzene rings is 1. The largest absolute Gasteiger partial charge is 0.496 e. The summed E-state index contributed by atoms with van der Waals surface area (Å²) in [5, 5.41) is 0. The number of hydrogen-bond acceptors (Lipinski definition) is 5. The van der Waals surface area contributed by atoms with E-state index in [1.165, 1.54) is 5.56 Å². The molecule has 3 rings (SSSR count). The smallest absolute Gasteiger partial charge is 0.153 e. The number of piperazine rings is 1. The number of nitrogens with zero attached hydrogens (tertiary/aromatic N) is 2. The maximum Gasteiger partial charge on any atom is 0.153 e. The standard InChI is InChI=1S/C20H32N2O3S/c1-15(2)7-8-21-9-10-22(19-14-26(23,24)13-18(19)21)12-17-6-5-16(3)11-20(17)25-4/h5-6,11,15,18-19H,7-10,12-14H2,1-4H3/t18-,19+/m1/s1. The highest BCUT2D eigenvalue weighted by Crippen LogP contribution is 2.30. The third-order valence-electron chi connectivity index (χ3n) is 5.72. The van der Waals surface area contributed by atoms with E-state index in [1.54, 1.807) is 7.11 Å². The summed E-state index contributed by atoms with van der Waals surface area (Å²) >= 11 is 0. The first-order chi connectivity index (χ1) is 12.3. The van der Waals surface area contributed by atoms with E-state index in [2.05, 4.69) is 48.8 Å². The Kier molecular flexibility index (Phi) is 5.94. The van der Waals surface area contributed by atoms with Crippen molar-refractivity contribution in [2.45, 2.75) is 45.8 Å². The predicted molar refractivity (Wildman–Crippen MR) is 105 cm³/mol. The van der Waals surface area contributed by atoms with Gasteiger partial charge in [0, 0.05) is 37.3 Å². The van der Waals surface area contributed by atoms with Gasteiger partial charge in [-0.05, 0) is 37.4 Å². The van der Waals surface area contributed by atoms with E-state index in [0.717, 1.165) is 43.9 Å². The SMILES string of the molecule is COc1cc(C)ccc1CN1CCN(CCC(C)C)[C@@H]2CS(=O)(=O)C[C@@H]21. The zero-order valence-corrected chi connectivity index (χ0v) is 17.3. The number of fused-ring (bicyclic) bond motifs is 1. The monoisotopic (exact) mass is 380 g/mol. The Bertz CT molecular complexity index is 733. The summed E-state index contributed by atoms with van der Waals surface area (Å²) in [4.78, 5) is 4.77. The van der Waals surface area contributed by atoms with Crippen LogP contribution in [-0.4, -0.2) is 68.6 Å². The summed E-state index contributed by atoms with van der Waals surface area (Å²) in [6.45, 7) is 10.1. The van der Waals surface area contributed by atoms with Gasteiger partial charge in [0.1, 0.15) is 5.75 Å². The van der Waals surface area contributed by atoms with Crippen molar-refractivity contribution in [1.82, 2.24) is 9.80 Å². The Morgan fingerprint density at radius 3 is 2.46 bits per heavy atom. The normalized spacial score (nSPS) is 26.2. The van der Waals surface area contributed by atoms with E-state index in [1.807, 2.05) is 0 Å². The molecule has 0 unspecified atom stereocenters. The van der Waals surface area contributed by atoms with Crippen LogP contribution in [0, 0.1) is 12.8 Å². The van der Waals surface area contributed by atoms with Crippen molar-refractivity contribution < 1.29 is 13.2 Å². The van der Waals surface area contributed by atoms with Gasteiger partial charge in [-0.2, -0.15) is 0 Å². The minimum Gasteiger partial charge on any atom is -0.496 e. The molecule has 2 atom stereocenters. The van der Waals surface area contributed by atoms with Crippen molar-refractivity contribution in [1.29, 1.82) is 0 Å². The molecule has 2 aliphatic rings. The second-order valence-corrected chi connectivity index (χ2v) is 10.4. The molecule has 5 nitrogen and oxygen atoms in total. The van der Waals surface area contributed by atoms with Crippen LogP contribution in [0.15, 0.2) is 18.2 Å². The fourth-order valence-corrected chi connectivity index (χ4v) is 6.24. The van der Waals surface area contributed by atoms with E-state index in [9.17, 15) is 8.42 Å². The van der Waals surface area contributed by atoms with Crippen LogP contribution in [0.1, 0.15) is 31.4 Å². The maximum atomic E-state index is 12.4. The van der Waals surface area contributed by atoms with Crippen LogP contribution >= 0.6 is 0 Å². The van der Waals surface area contributed by atoms with E-state index < -0.39 is 9.84 Å². The number of sulfone groups is 1. The first-order valence-electron chi connectivity index (χ1n) is 9.61. The van der Waals surface area contributed by atoms with Crippen LogP contribution in [0.2, 0.25) is 0 Å². The molecule has 0 spiro atoms. The molecule has 2 aliphatic heterocycles. The highest BCUT2D eigenvalue weighted by molar-refractivity contribution is 7.91. The van der Waals surface area contributed by atoms with Crippen molar-refractivity contribution in [3.8, 4) is 5.75 Å². The number of methoxy groups -OCH3 is 1. The van der Waals surface area contributed by atoms with Gasteiger partial charge in [-0.1, -0.05) is 26.0 Å². The third-order valence-corrected chi connectivity index (χ3v) is 7.41. The van der Waals surface area contributed by atoms with E-state index in [0.29, 0.717) is 11.7 Å². The van der Waals surface area contributed by atoms with Gasteiger partial charge in [-0.15, -0.1) is 0 Å². The van der Waals surface area contributed by atoms with Crippen LogP contribution in [-0.2, 0) is 16.4 Å². The molecule has 1 aromatic carbocycles. The predicted octanol–water partition coefficient (Wildman–Crippen LogP) is 2.33. The lowest BCUT2D eigenvalue weighted by molar-refractivity contribution is 0.0375. The molecule has 0 aromatic heterocycles. The number of rotatable bonds is 6. The van der Waals surface area contributed by atoms with Crippen molar-refractivity contribution in [2.75, 3.05) is 38.2 Å². The molecule has 0 bridgehead atoms. The lowest BCUT2D eigenvalue weighted by atomic mass is 10.0. The lowest BCUT2D eigenvalue weighted by Gasteiger charge is -2.44. The second kappa shape index (κ2) is 7.87. The average Bonchev–Trinajstić information content (AvgIpc) is 2.91. The third kappa shape index (κ3) is 4.41. The average molecular weight is 381 g/mol.